The smallest absolute Gasteiger partial charge is 0.315 e. The molecule has 0 heterocycles. The van der Waals surface area contributed by atoms with Gasteiger partial charge in [-0.05, 0) is 31.6 Å². The largest absolute Gasteiger partial charge is 0.393 e. The van der Waals surface area contributed by atoms with Gasteiger partial charge in [0.05, 0.1) is 6.10 Å². The second-order valence-electron chi connectivity index (χ2n) is 6.73. The average molecular weight is 270 g/mol. The van der Waals surface area contributed by atoms with Crippen LogP contribution in [0.1, 0.15) is 65.7 Å². The highest BCUT2D eigenvalue weighted by atomic mass is 16.3. The third kappa shape index (κ3) is 7.41. The Morgan fingerprint density at radius 3 is 2.37 bits per heavy atom. The van der Waals surface area contributed by atoms with Gasteiger partial charge in [0.15, 0.2) is 0 Å². The lowest BCUT2D eigenvalue weighted by Crippen LogP contribution is -2.45. The molecule has 2 amide bonds. The lowest BCUT2D eigenvalue weighted by Gasteiger charge is -2.27. The number of hydrogen-bond donors (Lipinski definition) is 3. The molecule has 0 aromatic heterocycles. The van der Waals surface area contributed by atoms with Crippen molar-refractivity contribution in [3.63, 3.8) is 0 Å². The molecular formula is C15H30N2O2. The summed E-state index contributed by atoms with van der Waals surface area (Å²) in [7, 11) is 0. The topological polar surface area (TPSA) is 61.4 Å². The van der Waals surface area contributed by atoms with Crippen LogP contribution in [0, 0.1) is 5.41 Å². The molecule has 4 heteroatoms. The van der Waals surface area contributed by atoms with Gasteiger partial charge in [0.25, 0.3) is 0 Å². The molecule has 1 saturated carbocycles. The van der Waals surface area contributed by atoms with Crippen LogP contribution in [0.15, 0.2) is 0 Å². The molecule has 0 radical (unpaired) electrons. The first kappa shape index (κ1) is 16.3. The molecule has 0 aromatic carbocycles. The van der Waals surface area contributed by atoms with Crippen molar-refractivity contribution in [2.75, 3.05) is 6.54 Å². The van der Waals surface area contributed by atoms with E-state index in [-0.39, 0.29) is 17.6 Å². The molecule has 3 N–H and O–H groups in total. The zero-order valence-corrected chi connectivity index (χ0v) is 12.7. The Labute approximate surface area is 117 Å². The molecule has 1 aliphatic carbocycles. The molecule has 0 aliphatic heterocycles. The van der Waals surface area contributed by atoms with Crippen molar-refractivity contribution in [1.82, 2.24) is 10.6 Å². The minimum absolute atomic E-state index is 0.0643. The summed E-state index contributed by atoms with van der Waals surface area (Å²) in [6.45, 7) is 6.50. The molecule has 0 spiro atoms. The van der Waals surface area contributed by atoms with Crippen LogP contribution < -0.4 is 10.6 Å². The first-order valence-corrected chi connectivity index (χ1v) is 7.61. The summed E-state index contributed by atoms with van der Waals surface area (Å²) in [4.78, 5) is 11.9. The Morgan fingerprint density at radius 1 is 1.26 bits per heavy atom. The number of hydrogen-bond acceptors (Lipinski definition) is 2. The number of aliphatic hydroxyl groups excluding tert-OH is 1. The maximum atomic E-state index is 11.9. The minimum Gasteiger partial charge on any atom is -0.393 e. The Hall–Kier alpha value is -0.770. The Morgan fingerprint density at radius 2 is 1.84 bits per heavy atom. The van der Waals surface area contributed by atoms with Crippen molar-refractivity contribution in [1.29, 1.82) is 0 Å². The summed E-state index contributed by atoms with van der Waals surface area (Å²) in [5, 5.41) is 15.4. The van der Waals surface area contributed by atoms with Crippen molar-refractivity contribution < 1.29 is 9.90 Å². The fourth-order valence-electron chi connectivity index (χ4n) is 2.85. The lowest BCUT2D eigenvalue weighted by atomic mass is 9.87. The minimum atomic E-state index is -0.332. The molecule has 112 valence electrons. The van der Waals surface area contributed by atoms with Gasteiger partial charge >= 0.3 is 6.03 Å². The quantitative estimate of drug-likeness (QED) is 0.673. The van der Waals surface area contributed by atoms with E-state index in [0.717, 1.165) is 12.8 Å². The van der Waals surface area contributed by atoms with Crippen LogP contribution in [0.25, 0.3) is 0 Å². The highest BCUT2D eigenvalue weighted by Gasteiger charge is 2.22. The van der Waals surface area contributed by atoms with E-state index in [9.17, 15) is 9.90 Å². The molecule has 1 aliphatic rings. The number of aliphatic hydroxyl groups is 1. The van der Waals surface area contributed by atoms with Crippen LogP contribution in [0.2, 0.25) is 0 Å². The van der Waals surface area contributed by atoms with Gasteiger partial charge in [0.1, 0.15) is 0 Å². The number of rotatable bonds is 5. The molecule has 0 saturated heterocycles. The third-order valence-electron chi connectivity index (χ3n) is 3.77. The summed E-state index contributed by atoms with van der Waals surface area (Å²) in [6, 6.07) is 0.271. The van der Waals surface area contributed by atoms with Gasteiger partial charge in [0.2, 0.25) is 0 Å². The van der Waals surface area contributed by atoms with E-state index in [2.05, 4.69) is 24.5 Å². The summed E-state index contributed by atoms with van der Waals surface area (Å²) < 4.78 is 0. The molecule has 0 unspecified atom stereocenters. The molecule has 0 aromatic rings. The fraction of sp³-hybridized carbons (Fsp3) is 0.933. The Bertz CT molecular complexity index is 269. The number of amides is 2. The maximum absolute atomic E-state index is 11.9. The predicted molar refractivity (Wildman–Crippen MR) is 78.1 cm³/mol. The number of urea groups is 1. The number of carbonyl (C=O) groups is 1. The molecule has 1 atom stereocenters. The third-order valence-corrected chi connectivity index (χ3v) is 3.77. The molecular weight excluding hydrogens is 240 g/mol. The van der Waals surface area contributed by atoms with Crippen molar-refractivity contribution >= 4 is 6.03 Å². The SMILES string of the molecule is C[C@H](O)CC(C)(C)CNC(=O)NC1CCCCCC1. The first-order valence-electron chi connectivity index (χ1n) is 7.61. The maximum Gasteiger partial charge on any atom is 0.315 e. The second kappa shape index (κ2) is 7.73. The highest BCUT2D eigenvalue weighted by Crippen LogP contribution is 2.21. The van der Waals surface area contributed by atoms with Crippen molar-refractivity contribution in [3.8, 4) is 0 Å². The predicted octanol–water partition coefficient (Wildman–Crippen LogP) is 2.81. The van der Waals surface area contributed by atoms with Gasteiger partial charge in [-0.25, -0.2) is 4.79 Å². The van der Waals surface area contributed by atoms with Crippen molar-refractivity contribution in [3.05, 3.63) is 0 Å². The van der Waals surface area contributed by atoms with Gasteiger partial charge in [-0.3, -0.25) is 0 Å². The summed E-state index contributed by atoms with van der Waals surface area (Å²) in [5.74, 6) is 0. The average Bonchev–Trinajstić information content (AvgIpc) is 2.53. The van der Waals surface area contributed by atoms with E-state index in [1.54, 1.807) is 6.92 Å². The molecule has 4 nitrogen and oxygen atoms in total. The Balaban J connectivity index is 2.26. The monoisotopic (exact) mass is 270 g/mol. The van der Waals surface area contributed by atoms with E-state index < -0.39 is 0 Å². The molecule has 19 heavy (non-hydrogen) atoms. The van der Waals surface area contributed by atoms with E-state index >= 15 is 0 Å². The van der Waals surface area contributed by atoms with Crippen molar-refractivity contribution in [2.45, 2.75) is 77.9 Å². The van der Waals surface area contributed by atoms with Crippen LogP contribution in [0.5, 0.6) is 0 Å². The lowest BCUT2D eigenvalue weighted by molar-refractivity contribution is 0.128. The van der Waals surface area contributed by atoms with Gasteiger partial charge in [0, 0.05) is 12.6 Å². The standard InChI is InChI=1S/C15H30N2O2/c1-12(18)10-15(2,3)11-16-14(19)17-13-8-6-4-5-7-9-13/h12-13,18H,4-11H2,1-3H3,(H2,16,17,19)/t12-/m0/s1. The number of nitrogens with one attached hydrogen (secondary N) is 2. The molecule has 1 fully saturated rings. The zero-order chi connectivity index (χ0) is 14.3. The summed E-state index contributed by atoms with van der Waals surface area (Å²) >= 11 is 0. The Kier molecular flexibility index (Phi) is 6.63. The summed E-state index contributed by atoms with van der Waals surface area (Å²) in [6.07, 6.45) is 7.59. The van der Waals surface area contributed by atoms with E-state index in [4.69, 9.17) is 0 Å². The molecule has 1 rings (SSSR count). The van der Waals surface area contributed by atoms with Gasteiger partial charge < -0.3 is 15.7 Å². The van der Waals surface area contributed by atoms with Crippen LogP contribution in [0.3, 0.4) is 0 Å². The van der Waals surface area contributed by atoms with E-state index in [0.29, 0.717) is 19.0 Å². The van der Waals surface area contributed by atoms with Crippen LogP contribution in [0.4, 0.5) is 4.79 Å². The van der Waals surface area contributed by atoms with Gasteiger partial charge in [-0.1, -0.05) is 39.5 Å². The highest BCUT2D eigenvalue weighted by molar-refractivity contribution is 5.74. The zero-order valence-electron chi connectivity index (χ0n) is 12.7. The van der Waals surface area contributed by atoms with Gasteiger partial charge in [-0.15, -0.1) is 0 Å². The van der Waals surface area contributed by atoms with Crippen LogP contribution in [-0.2, 0) is 0 Å². The second-order valence-corrected chi connectivity index (χ2v) is 6.73. The molecule has 0 bridgehead atoms. The van der Waals surface area contributed by atoms with E-state index in [1.807, 2.05) is 0 Å². The number of carbonyl (C=O) groups excluding carboxylic acids is 1. The van der Waals surface area contributed by atoms with Crippen molar-refractivity contribution in [2.24, 2.45) is 5.41 Å². The summed E-state index contributed by atoms with van der Waals surface area (Å²) in [5.41, 5.74) is -0.0744. The van der Waals surface area contributed by atoms with Gasteiger partial charge in [-0.2, -0.15) is 0 Å². The first-order chi connectivity index (χ1) is 8.89. The fourth-order valence-corrected chi connectivity index (χ4v) is 2.85. The van der Waals surface area contributed by atoms with Crippen LogP contribution >= 0.6 is 0 Å². The normalized spacial score (nSPS) is 19.6. The van der Waals surface area contributed by atoms with Crippen LogP contribution in [-0.4, -0.2) is 29.8 Å². The van der Waals surface area contributed by atoms with E-state index in [1.165, 1.54) is 25.7 Å².